The third kappa shape index (κ3) is 4.74. The van der Waals surface area contributed by atoms with Crippen LogP contribution in [0, 0.1) is 0 Å². The van der Waals surface area contributed by atoms with Gasteiger partial charge in [-0.2, -0.15) is 5.10 Å². The smallest absolute Gasteiger partial charge is 0.275 e. The van der Waals surface area contributed by atoms with Crippen molar-refractivity contribution in [3.63, 3.8) is 0 Å². The molecule has 0 atom stereocenters. The number of hydrogen-bond acceptors (Lipinski definition) is 3. The van der Waals surface area contributed by atoms with Crippen molar-refractivity contribution in [3.05, 3.63) is 99.7 Å². The summed E-state index contributed by atoms with van der Waals surface area (Å²) in [5, 5.41) is 6.26. The molecule has 1 amide bonds. The molecular formula is C24H19Cl2N3O2. The fraction of sp³-hybridized carbons (Fsp3) is 0.0833. The van der Waals surface area contributed by atoms with Crippen molar-refractivity contribution < 1.29 is 9.53 Å². The number of aromatic nitrogens is 1. The van der Waals surface area contributed by atoms with E-state index in [4.69, 9.17) is 27.9 Å². The summed E-state index contributed by atoms with van der Waals surface area (Å²) < 4.78 is 7.86. The molecular weight excluding hydrogens is 433 g/mol. The molecule has 4 rings (SSSR count). The zero-order chi connectivity index (χ0) is 21.8. The van der Waals surface area contributed by atoms with Gasteiger partial charge in [-0.3, -0.25) is 4.79 Å². The Labute approximate surface area is 189 Å². The second-order valence-electron chi connectivity index (χ2n) is 6.93. The van der Waals surface area contributed by atoms with E-state index in [9.17, 15) is 4.79 Å². The van der Waals surface area contributed by atoms with Gasteiger partial charge in [-0.05, 0) is 30.3 Å². The molecule has 1 N–H and O–H groups in total. The van der Waals surface area contributed by atoms with Crippen LogP contribution in [0.3, 0.4) is 0 Å². The monoisotopic (exact) mass is 451 g/mol. The van der Waals surface area contributed by atoms with Gasteiger partial charge in [-0.15, -0.1) is 0 Å². The van der Waals surface area contributed by atoms with Crippen LogP contribution in [-0.4, -0.2) is 16.7 Å². The minimum Gasteiger partial charge on any atom is -0.488 e. The summed E-state index contributed by atoms with van der Waals surface area (Å²) in [5.41, 5.74) is 5.74. The van der Waals surface area contributed by atoms with Gasteiger partial charge in [0.05, 0.1) is 11.8 Å². The van der Waals surface area contributed by atoms with Crippen LogP contribution in [0.5, 0.6) is 5.75 Å². The molecule has 0 saturated heterocycles. The van der Waals surface area contributed by atoms with Gasteiger partial charge < -0.3 is 9.30 Å². The number of fused-ring (bicyclic) bond motifs is 1. The van der Waals surface area contributed by atoms with Crippen LogP contribution in [0.1, 0.15) is 21.5 Å². The largest absolute Gasteiger partial charge is 0.488 e. The Kier molecular flexibility index (Phi) is 6.26. The van der Waals surface area contributed by atoms with E-state index in [-0.39, 0.29) is 12.5 Å². The van der Waals surface area contributed by atoms with E-state index in [0.29, 0.717) is 21.4 Å². The Morgan fingerprint density at radius 3 is 2.71 bits per heavy atom. The number of carbonyl (C=O) groups excluding carboxylic acids is 1. The van der Waals surface area contributed by atoms with E-state index in [0.717, 1.165) is 22.0 Å². The first-order valence-electron chi connectivity index (χ1n) is 9.56. The fourth-order valence-corrected chi connectivity index (χ4v) is 3.73. The third-order valence-electron chi connectivity index (χ3n) is 4.83. The summed E-state index contributed by atoms with van der Waals surface area (Å²) in [6.07, 6.45) is 3.60. The molecule has 0 radical (unpaired) electrons. The molecule has 0 fully saturated rings. The zero-order valence-corrected chi connectivity index (χ0v) is 18.2. The number of hydrazone groups is 1. The first-order chi connectivity index (χ1) is 15.0. The van der Waals surface area contributed by atoms with E-state index in [2.05, 4.69) is 10.5 Å². The lowest BCUT2D eigenvalue weighted by molar-refractivity contribution is 0.0950. The Bertz CT molecular complexity index is 1280. The van der Waals surface area contributed by atoms with Gasteiger partial charge in [0.25, 0.3) is 5.91 Å². The molecule has 1 aromatic heterocycles. The lowest BCUT2D eigenvalue weighted by Crippen LogP contribution is -2.18. The molecule has 0 aliphatic rings. The second-order valence-corrected chi connectivity index (χ2v) is 7.78. The van der Waals surface area contributed by atoms with E-state index < -0.39 is 0 Å². The minimum atomic E-state index is -0.366. The molecule has 4 aromatic rings. The summed E-state index contributed by atoms with van der Waals surface area (Å²) in [4.78, 5) is 12.7. The van der Waals surface area contributed by atoms with Crippen LogP contribution >= 0.6 is 23.2 Å². The van der Waals surface area contributed by atoms with Crippen LogP contribution in [0.4, 0.5) is 0 Å². The lowest BCUT2D eigenvalue weighted by Gasteiger charge is -2.11. The number of hydrogen-bond donors (Lipinski definition) is 1. The van der Waals surface area contributed by atoms with Crippen LogP contribution < -0.4 is 10.2 Å². The summed E-state index contributed by atoms with van der Waals surface area (Å²) in [6, 6.07) is 20.2. The van der Waals surface area contributed by atoms with Crippen molar-refractivity contribution in [2.75, 3.05) is 0 Å². The molecule has 0 bridgehead atoms. The molecule has 5 nitrogen and oxygen atoms in total. The van der Waals surface area contributed by atoms with Crippen LogP contribution in [0.2, 0.25) is 10.0 Å². The Balaban J connectivity index is 1.47. The molecule has 0 aliphatic carbocycles. The van der Waals surface area contributed by atoms with Crippen molar-refractivity contribution in [3.8, 4) is 5.75 Å². The van der Waals surface area contributed by atoms with Crippen LogP contribution in [-0.2, 0) is 13.7 Å². The van der Waals surface area contributed by atoms with Crippen molar-refractivity contribution in [2.24, 2.45) is 12.1 Å². The minimum absolute atomic E-state index is 0.208. The quantitative estimate of drug-likeness (QED) is 0.296. The highest BCUT2D eigenvalue weighted by atomic mass is 35.5. The summed E-state index contributed by atoms with van der Waals surface area (Å²) in [5.74, 6) is 0.0701. The average molecular weight is 452 g/mol. The number of aryl methyl sites for hydroxylation is 1. The highest BCUT2D eigenvalue weighted by Gasteiger charge is 2.12. The average Bonchev–Trinajstić information content (AvgIpc) is 3.09. The lowest BCUT2D eigenvalue weighted by atomic mass is 10.2. The highest BCUT2D eigenvalue weighted by molar-refractivity contribution is 6.35. The number of rotatable bonds is 6. The van der Waals surface area contributed by atoms with E-state index >= 15 is 0 Å². The van der Waals surface area contributed by atoms with Crippen LogP contribution in [0.25, 0.3) is 10.9 Å². The molecule has 1 heterocycles. The number of para-hydroxylation sites is 2. The zero-order valence-electron chi connectivity index (χ0n) is 16.7. The Hall–Kier alpha value is -3.28. The maximum absolute atomic E-state index is 12.7. The molecule has 3 aromatic carbocycles. The van der Waals surface area contributed by atoms with Gasteiger partial charge in [0.15, 0.2) is 0 Å². The molecule has 0 spiro atoms. The van der Waals surface area contributed by atoms with Gasteiger partial charge in [0.2, 0.25) is 0 Å². The number of halogens is 2. The maximum Gasteiger partial charge on any atom is 0.275 e. The van der Waals surface area contributed by atoms with Crippen molar-refractivity contribution in [1.29, 1.82) is 0 Å². The standard InChI is InChI=1S/C24H19Cl2N3O2/c1-29-14-17(19-6-2-4-8-22(19)29)13-27-28-24(30)20-7-3-5-9-23(20)31-15-16-10-11-18(25)12-21(16)26/h2-14H,15H2,1H3,(H,28,30)/b27-13-. The second kappa shape index (κ2) is 9.25. The molecule has 31 heavy (non-hydrogen) atoms. The molecule has 0 aliphatic heterocycles. The fourth-order valence-electron chi connectivity index (χ4n) is 3.27. The van der Waals surface area contributed by atoms with Gasteiger partial charge in [-0.25, -0.2) is 5.43 Å². The maximum atomic E-state index is 12.7. The normalized spacial score (nSPS) is 11.2. The first kappa shape index (κ1) is 21.0. The third-order valence-corrected chi connectivity index (χ3v) is 5.41. The van der Waals surface area contributed by atoms with Gasteiger partial charge in [0.1, 0.15) is 12.4 Å². The van der Waals surface area contributed by atoms with Gasteiger partial charge in [0, 0.05) is 45.3 Å². The predicted octanol–water partition coefficient (Wildman–Crippen LogP) is 5.83. The SMILES string of the molecule is Cn1cc(/C=N\NC(=O)c2ccccc2OCc2ccc(Cl)cc2Cl)c2ccccc21. The van der Waals surface area contributed by atoms with Crippen molar-refractivity contribution in [1.82, 2.24) is 9.99 Å². The molecule has 7 heteroatoms. The first-order valence-corrected chi connectivity index (χ1v) is 10.3. The Morgan fingerprint density at radius 2 is 1.87 bits per heavy atom. The number of benzene rings is 3. The summed E-state index contributed by atoms with van der Waals surface area (Å²) >= 11 is 12.1. The van der Waals surface area contributed by atoms with Crippen LogP contribution in [0.15, 0.2) is 78.0 Å². The molecule has 156 valence electrons. The number of ether oxygens (including phenoxy) is 1. The van der Waals surface area contributed by atoms with Gasteiger partial charge in [-0.1, -0.05) is 59.6 Å². The molecule has 0 unspecified atom stereocenters. The summed E-state index contributed by atoms with van der Waals surface area (Å²) in [7, 11) is 1.97. The topological polar surface area (TPSA) is 55.6 Å². The number of carbonyl (C=O) groups is 1. The van der Waals surface area contributed by atoms with E-state index in [1.54, 1.807) is 48.7 Å². The highest BCUT2D eigenvalue weighted by Crippen LogP contribution is 2.24. The summed E-state index contributed by atoms with van der Waals surface area (Å²) in [6.45, 7) is 0.208. The van der Waals surface area contributed by atoms with E-state index in [1.165, 1.54) is 0 Å². The number of amides is 1. The number of nitrogens with zero attached hydrogens (tertiary/aromatic N) is 2. The van der Waals surface area contributed by atoms with Crippen molar-refractivity contribution >= 4 is 46.2 Å². The number of nitrogens with one attached hydrogen (secondary N) is 1. The van der Waals surface area contributed by atoms with Crippen molar-refractivity contribution in [2.45, 2.75) is 6.61 Å². The Morgan fingerprint density at radius 1 is 1.10 bits per heavy atom. The van der Waals surface area contributed by atoms with E-state index in [1.807, 2.05) is 42.1 Å². The molecule has 0 saturated carbocycles. The van der Waals surface area contributed by atoms with Gasteiger partial charge >= 0.3 is 0 Å². The predicted molar refractivity (Wildman–Crippen MR) is 125 cm³/mol.